The zero-order valence-corrected chi connectivity index (χ0v) is 12.8. The normalized spacial score (nSPS) is 11.5. The van der Waals surface area contributed by atoms with Gasteiger partial charge in [0.2, 0.25) is 5.82 Å². The van der Waals surface area contributed by atoms with Crippen molar-refractivity contribution in [3.05, 3.63) is 46.8 Å². The summed E-state index contributed by atoms with van der Waals surface area (Å²) in [6, 6.07) is 6.80. The number of hydrogen-bond acceptors (Lipinski definition) is 6. The molecule has 3 aromatic rings. The molecule has 0 aliphatic rings. The molecule has 1 amide bonds. The molecule has 0 radical (unpaired) electrons. The Hall–Kier alpha value is -3.24. The monoisotopic (exact) mass is 352 g/mol. The van der Waals surface area contributed by atoms with Gasteiger partial charge in [-0.3, -0.25) is 4.79 Å². The zero-order valence-electron chi connectivity index (χ0n) is 12.8. The minimum Gasteiger partial charge on any atom is -0.351 e. The second kappa shape index (κ2) is 6.34. The van der Waals surface area contributed by atoms with Crippen LogP contribution in [0.15, 0.2) is 28.8 Å². The van der Waals surface area contributed by atoms with E-state index in [2.05, 4.69) is 35.6 Å². The highest BCUT2D eigenvalue weighted by Gasteiger charge is 2.41. The first-order valence-corrected chi connectivity index (χ1v) is 7.00. The molecule has 0 saturated carbocycles. The molecule has 0 aliphatic carbocycles. The molecule has 0 bridgehead atoms. The molecule has 1 aromatic carbocycles. The van der Waals surface area contributed by atoms with Crippen LogP contribution in [0, 0.1) is 6.92 Å². The summed E-state index contributed by atoms with van der Waals surface area (Å²) in [5.41, 5.74) is 0.648. The summed E-state index contributed by atoms with van der Waals surface area (Å²) in [5, 5.41) is 19.1. The van der Waals surface area contributed by atoms with Crippen LogP contribution in [-0.4, -0.2) is 31.7 Å². The highest BCUT2D eigenvalue weighted by atomic mass is 19.4. The number of aromatic amines is 1. The second-order valence-corrected chi connectivity index (χ2v) is 5.08. The van der Waals surface area contributed by atoms with E-state index < -0.39 is 23.4 Å². The lowest BCUT2D eigenvalue weighted by Gasteiger charge is -2.07. The average Bonchev–Trinajstić information content (AvgIpc) is 3.22. The molecule has 0 spiro atoms. The van der Waals surface area contributed by atoms with Gasteiger partial charge in [-0.1, -0.05) is 29.4 Å². The molecule has 0 atom stereocenters. The fraction of sp³-hybridized carbons (Fsp3) is 0.214. The largest absolute Gasteiger partial charge is 0.453 e. The maximum Gasteiger partial charge on any atom is 0.453 e. The topological polar surface area (TPSA) is 110 Å². The number of rotatable bonds is 4. The average molecular weight is 352 g/mol. The molecule has 0 saturated heterocycles. The van der Waals surface area contributed by atoms with Gasteiger partial charge >= 0.3 is 6.18 Å². The summed E-state index contributed by atoms with van der Waals surface area (Å²) in [6.07, 6.45) is -4.79. The first-order valence-electron chi connectivity index (χ1n) is 7.00. The number of aromatic nitrogens is 5. The van der Waals surface area contributed by atoms with Crippen LogP contribution in [-0.2, 0) is 12.7 Å². The number of amides is 1. The molecule has 2 aromatic heterocycles. The molecular weight excluding hydrogens is 341 g/mol. The molecule has 8 nitrogen and oxygen atoms in total. The summed E-state index contributed by atoms with van der Waals surface area (Å²) < 4.78 is 42.7. The SMILES string of the molecule is Cc1noc(C(F)(F)F)c1C(=O)NCc1ccc(-c2nn[nH]n2)cc1. The Morgan fingerprint density at radius 1 is 1.28 bits per heavy atom. The third-order valence-electron chi connectivity index (χ3n) is 3.36. The van der Waals surface area contributed by atoms with E-state index in [-0.39, 0.29) is 12.2 Å². The van der Waals surface area contributed by atoms with Crippen LogP contribution in [0.2, 0.25) is 0 Å². The Labute approximate surface area is 138 Å². The number of carbonyl (C=O) groups is 1. The van der Waals surface area contributed by atoms with E-state index in [1.807, 2.05) is 0 Å². The predicted octanol–water partition coefficient (Wildman–Crippen LogP) is 2.11. The van der Waals surface area contributed by atoms with E-state index in [0.717, 1.165) is 0 Å². The maximum atomic E-state index is 12.8. The summed E-state index contributed by atoms with van der Waals surface area (Å²) in [4.78, 5) is 12.1. The second-order valence-electron chi connectivity index (χ2n) is 5.08. The van der Waals surface area contributed by atoms with Crippen LogP contribution < -0.4 is 5.32 Å². The fourth-order valence-electron chi connectivity index (χ4n) is 2.16. The molecule has 2 N–H and O–H groups in total. The lowest BCUT2D eigenvalue weighted by molar-refractivity contribution is -0.155. The summed E-state index contributed by atoms with van der Waals surface area (Å²) in [7, 11) is 0. The van der Waals surface area contributed by atoms with Gasteiger partial charge in [0.1, 0.15) is 5.56 Å². The molecule has 11 heteroatoms. The maximum absolute atomic E-state index is 12.8. The number of nitrogens with zero attached hydrogens (tertiary/aromatic N) is 4. The number of nitrogens with one attached hydrogen (secondary N) is 2. The predicted molar refractivity (Wildman–Crippen MR) is 77.0 cm³/mol. The number of hydrogen-bond donors (Lipinski definition) is 2. The number of H-pyrrole nitrogens is 1. The first kappa shape index (κ1) is 16.6. The van der Waals surface area contributed by atoms with Crippen LogP contribution in [0.4, 0.5) is 13.2 Å². The van der Waals surface area contributed by atoms with E-state index in [1.54, 1.807) is 24.3 Å². The number of benzene rings is 1. The standard InChI is InChI=1S/C14H11F3N6O2/c1-7-10(11(25-21-7)14(15,16)17)13(24)18-6-8-2-4-9(5-3-8)12-19-22-23-20-12/h2-5H,6H2,1H3,(H,18,24)(H,19,20,22,23). The van der Waals surface area contributed by atoms with Crippen LogP contribution in [0.25, 0.3) is 11.4 Å². The van der Waals surface area contributed by atoms with Gasteiger partial charge in [-0.05, 0) is 17.7 Å². The molecule has 2 heterocycles. The highest BCUT2D eigenvalue weighted by molar-refractivity contribution is 5.96. The van der Waals surface area contributed by atoms with Gasteiger partial charge in [0, 0.05) is 12.1 Å². The van der Waals surface area contributed by atoms with Gasteiger partial charge in [0.05, 0.1) is 5.69 Å². The molecule has 0 unspecified atom stereocenters. The Morgan fingerprint density at radius 3 is 2.60 bits per heavy atom. The van der Waals surface area contributed by atoms with E-state index in [9.17, 15) is 18.0 Å². The lowest BCUT2D eigenvalue weighted by Crippen LogP contribution is -2.25. The van der Waals surface area contributed by atoms with Crippen molar-refractivity contribution in [1.82, 2.24) is 31.1 Å². The van der Waals surface area contributed by atoms with Gasteiger partial charge in [-0.2, -0.15) is 18.4 Å². The van der Waals surface area contributed by atoms with Crippen molar-refractivity contribution in [2.75, 3.05) is 0 Å². The summed E-state index contributed by atoms with van der Waals surface area (Å²) >= 11 is 0. The van der Waals surface area contributed by atoms with Crippen molar-refractivity contribution in [3.8, 4) is 11.4 Å². The number of tetrazole rings is 1. The van der Waals surface area contributed by atoms with Crippen LogP contribution in [0.3, 0.4) is 0 Å². The Balaban J connectivity index is 1.70. The van der Waals surface area contributed by atoms with Crippen molar-refractivity contribution in [2.24, 2.45) is 0 Å². The van der Waals surface area contributed by atoms with E-state index in [1.165, 1.54) is 6.92 Å². The van der Waals surface area contributed by atoms with Crippen molar-refractivity contribution in [3.63, 3.8) is 0 Å². The third-order valence-corrected chi connectivity index (χ3v) is 3.36. The van der Waals surface area contributed by atoms with Gasteiger partial charge in [0.15, 0.2) is 0 Å². The van der Waals surface area contributed by atoms with E-state index >= 15 is 0 Å². The van der Waals surface area contributed by atoms with Crippen molar-refractivity contribution < 1.29 is 22.5 Å². The molecule has 0 aliphatic heterocycles. The van der Waals surface area contributed by atoms with Crippen molar-refractivity contribution in [1.29, 1.82) is 0 Å². The summed E-state index contributed by atoms with van der Waals surface area (Å²) in [5.74, 6) is -1.91. The van der Waals surface area contributed by atoms with E-state index in [4.69, 9.17) is 0 Å². The zero-order chi connectivity index (χ0) is 18.0. The number of alkyl halides is 3. The van der Waals surface area contributed by atoms with Crippen LogP contribution in [0.5, 0.6) is 0 Å². The molecule has 130 valence electrons. The van der Waals surface area contributed by atoms with E-state index in [0.29, 0.717) is 17.0 Å². The number of halogens is 3. The smallest absolute Gasteiger partial charge is 0.351 e. The Kier molecular flexibility index (Phi) is 4.21. The van der Waals surface area contributed by atoms with Gasteiger partial charge < -0.3 is 9.84 Å². The number of aryl methyl sites for hydroxylation is 1. The number of carbonyl (C=O) groups excluding carboxylic acids is 1. The van der Waals surface area contributed by atoms with Gasteiger partial charge in [-0.15, -0.1) is 10.2 Å². The minimum absolute atomic E-state index is 0.0350. The minimum atomic E-state index is -4.79. The quantitative estimate of drug-likeness (QED) is 0.744. The molecular formula is C14H11F3N6O2. The molecule has 0 fully saturated rings. The highest BCUT2D eigenvalue weighted by Crippen LogP contribution is 2.33. The van der Waals surface area contributed by atoms with Crippen molar-refractivity contribution in [2.45, 2.75) is 19.6 Å². The summed E-state index contributed by atoms with van der Waals surface area (Å²) in [6.45, 7) is 1.31. The fourth-order valence-corrected chi connectivity index (χ4v) is 2.16. The van der Waals surface area contributed by atoms with Crippen LogP contribution >= 0.6 is 0 Å². The Bertz CT molecular complexity index is 871. The van der Waals surface area contributed by atoms with Gasteiger partial charge in [0.25, 0.3) is 11.7 Å². The molecule has 3 rings (SSSR count). The lowest BCUT2D eigenvalue weighted by atomic mass is 10.1. The Morgan fingerprint density at radius 2 is 2.00 bits per heavy atom. The first-order chi connectivity index (χ1) is 11.9. The molecule has 25 heavy (non-hydrogen) atoms. The van der Waals surface area contributed by atoms with Crippen LogP contribution in [0.1, 0.15) is 27.4 Å². The third kappa shape index (κ3) is 3.49. The van der Waals surface area contributed by atoms with Gasteiger partial charge in [-0.25, -0.2) is 0 Å². The van der Waals surface area contributed by atoms with Crippen molar-refractivity contribution >= 4 is 5.91 Å².